The number of hydrogen-bond donors (Lipinski definition) is 0. The Hall–Kier alpha value is -2.92. The van der Waals surface area contributed by atoms with Gasteiger partial charge in [-0.05, 0) is 22.8 Å². The van der Waals surface area contributed by atoms with Crippen molar-refractivity contribution < 1.29 is 18.0 Å². The van der Waals surface area contributed by atoms with E-state index in [4.69, 9.17) is 0 Å². The summed E-state index contributed by atoms with van der Waals surface area (Å²) >= 11 is 0. The molecule has 0 spiro atoms. The van der Waals surface area contributed by atoms with Gasteiger partial charge in [0, 0.05) is 37.9 Å². The molecule has 0 N–H and O–H groups in total. The second kappa shape index (κ2) is 9.06. The molecule has 31 heavy (non-hydrogen) atoms. The lowest BCUT2D eigenvalue weighted by atomic mass is 9.76. The van der Waals surface area contributed by atoms with Gasteiger partial charge in [0.2, 0.25) is 0 Å². The highest BCUT2D eigenvalue weighted by Crippen LogP contribution is 2.37. The van der Waals surface area contributed by atoms with Crippen molar-refractivity contribution in [3.63, 3.8) is 0 Å². The molecule has 3 aromatic carbocycles. The minimum Gasteiger partial charge on any atom is -0.299 e. The van der Waals surface area contributed by atoms with Crippen molar-refractivity contribution in [2.75, 3.05) is 13.1 Å². The molecule has 5 heteroatoms. The molecule has 1 unspecified atom stereocenters. The fourth-order valence-corrected chi connectivity index (χ4v) is 4.51. The lowest BCUT2D eigenvalue weighted by Gasteiger charge is -2.37. The number of rotatable bonds is 5. The molecule has 0 aliphatic carbocycles. The molecule has 1 aliphatic rings. The fourth-order valence-electron chi connectivity index (χ4n) is 4.51. The summed E-state index contributed by atoms with van der Waals surface area (Å²) in [5.41, 5.74) is 1.74. The topological polar surface area (TPSA) is 20.3 Å². The van der Waals surface area contributed by atoms with Crippen molar-refractivity contribution in [1.29, 1.82) is 0 Å². The van der Waals surface area contributed by atoms with E-state index in [9.17, 15) is 18.0 Å². The molecule has 0 radical (unpaired) electrons. The normalized spacial score (nSPS) is 17.8. The molecule has 160 valence electrons. The van der Waals surface area contributed by atoms with Gasteiger partial charge in [0.15, 0.2) is 0 Å². The first-order valence-corrected chi connectivity index (χ1v) is 10.4. The molecule has 4 rings (SSSR count). The first kappa shape index (κ1) is 21.3. The summed E-state index contributed by atoms with van der Waals surface area (Å²) in [6.45, 7) is 1.08. The van der Waals surface area contributed by atoms with Crippen LogP contribution < -0.4 is 0 Å². The van der Waals surface area contributed by atoms with Gasteiger partial charge < -0.3 is 0 Å². The molecule has 0 amide bonds. The number of Topliss-reactive ketones (excluding diaryl/α,β-unsaturated/α-hetero) is 1. The summed E-state index contributed by atoms with van der Waals surface area (Å²) in [5.74, 6) is -0.273. The summed E-state index contributed by atoms with van der Waals surface area (Å²) in [6, 6.07) is 25.5. The molecular formula is C26H24F3NO. The maximum atomic E-state index is 13.4. The monoisotopic (exact) mass is 423 g/mol. The number of benzene rings is 3. The lowest BCUT2D eigenvalue weighted by Crippen LogP contribution is -2.43. The summed E-state index contributed by atoms with van der Waals surface area (Å²) in [5, 5.41) is 0. The lowest BCUT2D eigenvalue weighted by molar-refractivity contribution is -0.138. The predicted octanol–water partition coefficient (Wildman–Crippen LogP) is 5.93. The average molecular weight is 423 g/mol. The van der Waals surface area contributed by atoms with Gasteiger partial charge in [0.05, 0.1) is 5.56 Å². The first-order valence-electron chi connectivity index (χ1n) is 10.4. The summed E-state index contributed by atoms with van der Waals surface area (Å²) in [6.07, 6.45) is -4.05. The molecule has 1 fully saturated rings. The van der Waals surface area contributed by atoms with Crippen LogP contribution in [0.2, 0.25) is 0 Å². The van der Waals surface area contributed by atoms with Gasteiger partial charge in [-0.1, -0.05) is 78.9 Å². The van der Waals surface area contributed by atoms with Crippen molar-refractivity contribution in [2.45, 2.75) is 25.1 Å². The van der Waals surface area contributed by atoms with E-state index in [1.54, 1.807) is 6.07 Å². The molecule has 1 saturated heterocycles. The number of ketones is 1. The van der Waals surface area contributed by atoms with E-state index < -0.39 is 11.7 Å². The molecular weight excluding hydrogens is 399 g/mol. The van der Waals surface area contributed by atoms with Crippen LogP contribution in [-0.2, 0) is 17.5 Å². The van der Waals surface area contributed by atoms with Crippen LogP contribution in [0.15, 0.2) is 84.9 Å². The van der Waals surface area contributed by atoms with Gasteiger partial charge in [-0.15, -0.1) is 0 Å². The second-order valence-electron chi connectivity index (χ2n) is 8.01. The highest BCUT2D eigenvalue weighted by Gasteiger charge is 2.37. The number of carbonyl (C=O) groups excluding carboxylic acids is 1. The number of alkyl halides is 3. The third-order valence-electron chi connectivity index (χ3n) is 5.98. The van der Waals surface area contributed by atoms with Crippen LogP contribution in [-0.4, -0.2) is 23.8 Å². The van der Waals surface area contributed by atoms with Crippen LogP contribution >= 0.6 is 0 Å². The Balaban J connectivity index is 1.63. The van der Waals surface area contributed by atoms with Gasteiger partial charge in [0.1, 0.15) is 5.78 Å². The van der Waals surface area contributed by atoms with Crippen LogP contribution in [0.4, 0.5) is 13.2 Å². The smallest absolute Gasteiger partial charge is 0.299 e. The Labute approximate surface area is 180 Å². The molecule has 1 heterocycles. The first-order chi connectivity index (χ1) is 14.9. The van der Waals surface area contributed by atoms with Crippen LogP contribution in [0.5, 0.6) is 0 Å². The van der Waals surface area contributed by atoms with Crippen LogP contribution in [0.1, 0.15) is 34.6 Å². The van der Waals surface area contributed by atoms with Crippen molar-refractivity contribution >= 4 is 5.78 Å². The van der Waals surface area contributed by atoms with E-state index >= 15 is 0 Å². The third-order valence-corrected chi connectivity index (χ3v) is 5.98. The number of hydrogen-bond acceptors (Lipinski definition) is 2. The van der Waals surface area contributed by atoms with Crippen LogP contribution in [0.3, 0.4) is 0 Å². The van der Waals surface area contributed by atoms with E-state index in [-0.39, 0.29) is 29.7 Å². The molecule has 1 aliphatic heterocycles. The van der Waals surface area contributed by atoms with E-state index in [0.29, 0.717) is 19.5 Å². The summed E-state index contributed by atoms with van der Waals surface area (Å²) in [7, 11) is 0. The van der Waals surface area contributed by atoms with E-state index in [0.717, 1.165) is 17.2 Å². The van der Waals surface area contributed by atoms with Gasteiger partial charge in [-0.25, -0.2) is 0 Å². The highest BCUT2D eigenvalue weighted by molar-refractivity contribution is 5.83. The number of carbonyl (C=O) groups is 1. The van der Waals surface area contributed by atoms with Gasteiger partial charge >= 0.3 is 6.18 Å². The maximum absolute atomic E-state index is 13.4. The summed E-state index contributed by atoms with van der Waals surface area (Å²) in [4.78, 5) is 15.0. The van der Waals surface area contributed by atoms with Gasteiger partial charge in [-0.3, -0.25) is 9.69 Å². The number of nitrogens with zero attached hydrogens (tertiary/aromatic N) is 1. The fraction of sp³-hybridized carbons (Fsp3) is 0.269. The van der Waals surface area contributed by atoms with Gasteiger partial charge in [0.25, 0.3) is 0 Å². The molecule has 2 nitrogen and oxygen atoms in total. The Morgan fingerprint density at radius 3 is 1.97 bits per heavy atom. The Morgan fingerprint density at radius 1 is 0.839 bits per heavy atom. The molecule has 1 atom stereocenters. The van der Waals surface area contributed by atoms with Crippen LogP contribution in [0, 0.1) is 5.92 Å². The Morgan fingerprint density at radius 2 is 1.39 bits per heavy atom. The van der Waals surface area contributed by atoms with E-state index in [2.05, 4.69) is 0 Å². The Bertz CT molecular complexity index is 978. The highest BCUT2D eigenvalue weighted by atomic mass is 19.4. The van der Waals surface area contributed by atoms with Crippen molar-refractivity contribution in [1.82, 2.24) is 4.90 Å². The zero-order valence-electron chi connectivity index (χ0n) is 17.1. The van der Waals surface area contributed by atoms with Crippen molar-refractivity contribution in [3.05, 3.63) is 107 Å². The SMILES string of the molecule is O=C1CCN(Cc2ccccc2C(F)(F)F)CC1C(c1ccccc1)c1ccccc1. The minimum absolute atomic E-state index is 0.129. The van der Waals surface area contributed by atoms with Crippen molar-refractivity contribution in [2.24, 2.45) is 5.92 Å². The zero-order valence-corrected chi connectivity index (χ0v) is 17.1. The molecule has 0 aromatic heterocycles. The minimum atomic E-state index is -4.39. The average Bonchev–Trinajstić information content (AvgIpc) is 2.77. The second-order valence-corrected chi connectivity index (χ2v) is 8.01. The summed E-state index contributed by atoms with van der Waals surface area (Å²) < 4.78 is 40.3. The molecule has 0 bridgehead atoms. The largest absolute Gasteiger partial charge is 0.416 e. The Kier molecular flexibility index (Phi) is 6.23. The van der Waals surface area contributed by atoms with Crippen molar-refractivity contribution in [3.8, 4) is 0 Å². The predicted molar refractivity (Wildman–Crippen MR) is 115 cm³/mol. The maximum Gasteiger partial charge on any atom is 0.416 e. The molecule has 3 aromatic rings. The number of halogens is 3. The van der Waals surface area contributed by atoms with Gasteiger partial charge in [-0.2, -0.15) is 13.2 Å². The zero-order chi connectivity index (χ0) is 21.8. The standard InChI is InChI=1S/C26H24F3NO/c27-26(28,29)23-14-8-7-13-21(23)17-30-16-15-24(31)22(18-30)25(19-9-3-1-4-10-19)20-11-5-2-6-12-20/h1-14,22,25H,15-18H2. The van der Waals surface area contributed by atoms with Crippen LogP contribution in [0.25, 0.3) is 0 Å². The quantitative estimate of drug-likeness (QED) is 0.507. The molecule has 0 saturated carbocycles. The number of likely N-dealkylation sites (tertiary alicyclic amines) is 1. The third kappa shape index (κ3) is 4.88. The van der Waals surface area contributed by atoms with E-state index in [1.165, 1.54) is 12.1 Å². The van der Waals surface area contributed by atoms with E-state index in [1.807, 2.05) is 65.6 Å². The number of piperidine rings is 1.